The normalized spacial score (nSPS) is 20.3. The Bertz CT molecular complexity index is 854. The van der Waals surface area contributed by atoms with E-state index in [9.17, 15) is 9.59 Å². The second kappa shape index (κ2) is 6.87. The highest BCUT2D eigenvalue weighted by molar-refractivity contribution is 6.04. The molecule has 7 nitrogen and oxygen atoms in total. The van der Waals surface area contributed by atoms with Crippen molar-refractivity contribution in [1.29, 1.82) is 0 Å². The topological polar surface area (TPSA) is 78.5 Å². The summed E-state index contributed by atoms with van der Waals surface area (Å²) in [6, 6.07) is 7.83. The molecule has 1 atom stereocenters. The molecule has 0 bridgehead atoms. The number of H-pyrrole nitrogens is 1. The van der Waals surface area contributed by atoms with Gasteiger partial charge in [-0.1, -0.05) is 31.5 Å². The maximum atomic E-state index is 12.9. The van der Waals surface area contributed by atoms with Crippen LogP contribution in [0.15, 0.2) is 24.3 Å². The largest absolute Gasteiger partial charge is 0.441 e. The summed E-state index contributed by atoms with van der Waals surface area (Å²) in [5.41, 5.74) is 0.867. The molecule has 4 rings (SSSR count). The van der Waals surface area contributed by atoms with Gasteiger partial charge in [0.25, 0.3) is 5.91 Å². The maximum Gasteiger partial charge on any atom is 0.410 e. The molecule has 2 aliphatic rings. The number of ether oxygens (including phenoxy) is 1. The van der Waals surface area contributed by atoms with Gasteiger partial charge in [-0.05, 0) is 19.4 Å². The van der Waals surface area contributed by atoms with E-state index in [0.717, 1.165) is 23.7 Å². The highest BCUT2D eigenvalue weighted by Gasteiger charge is 2.48. The fourth-order valence-electron chi connectivity index (χ4n) is 4.21. The van der Waals surface area contributed by atoms with Crippen LogP contribution in [0.3, 0.4) is 0 Å². The SMILES string of the molecule is CCC[C@@H](C)N1CC2(CCN(C(=O)c3n[nH]c4ccccc34)CC2)OC1=O. The third-order valence-corrected chi connectivity index (χ3v) is 5.87. The van der Waals surface area contributed by atoms with Crippen molar-refractivity contribution in [3.8, 4) is 0 Å². The lowest BCUT2D eigenvalue weighted by Gasteiger charge is -2.37. The third kappa shape index (κ3) is 3.15. The predicted molar refractivity (Wildman–Crippen MR) is 102 cm³/mol. The molecule has 0 aliphatic carbocycles. The number of fused-ring (bicyclic) bond motifs is 1. The number of benzene rings is 1. The average molecular weight is 370 g/mol. The van der Waals surface area contributed by atoms with Crippen LogP contribution in [0.2, 0.25) is 0 Å². The van der Waals surface area contributed by atoms with E-state index >= 15 is 0 Å². The van der Waals surface area contributed by atoms with Crippen LogP contribution in [-0.4, -0.2) is 63.3 Å². The fourth-order valence-corrected chi connectivity index (χ4v) is 4.21. The molecule has 2 aliphatic heterocycles. The van der Waals surface area contributed by atoms with Gasteiger partial charge in [-0.2, -0.15) is 5.10 Å². The van der Waals surface area contributed by atoms with Crippen LogP contribution in [0, 0.1) is 0 Å². The molecule has 144 valence electrons. The number of aromatic nitrogens is 2. The minimum Gasteiger partial charge on any atom is -0.441 e. The minimum atomic E-state index is -0.455. The van der Waals surface area contributed by atoms with E-state index < -0.39 is 5.60 Å². The number of hydrogen-bond acceptors (Lipinski definition) is 4. The van der Waals surface area contributed by atoms with E-state index in [1.54, 1.807) is 0 Å². The van der Waals surface area contributed by atoms with E-state index in [1.807, 2.05) is 34.1 Å². The van der Waals surface area contributed by atoms with Gasteiger partial charge in [0.05, 0.1) is 12.1 Å². The fraction of sp³-hybridized carbons (Fsp3) is 0.550. The van der Waals surface area contributed by atoms with Crippen molar-refractivity contribution < 1.29 is 14.3 Å². The van der Waals surface area contributed by atoms with Crippen molar-refractivity contribution in [2.75, 3.05) is 19.6 Å². The third-order valence-electron chi connectivity index (χ3n) is 5.87. The second-order valence-corrected chi connectivity index (χ2v) is 7.73. The molecule has 7 heteroatoms. The Kier molecular flexibility index (Phi) is 4.53. The number of nitrogens with zero attached hydrogens (tertiary/aromatic N) is 3. The molecule has 1 N–H and O–H groups in total. The predicted octanol–water partition coefficient (Wildman–Crippen LogP) is 3.18. The molecular weight excluding hydrogens is 344 g/mol. The average Bonchev–Trinajstić information content (AvgIpc) is 3.23. The number of carbonyl (C=O) groups excluding carboxylic acids is 2. The molecule has 3 heterocycles. The van der Waals surface area contributed by atoms with Crippen LogP contribution in [-0.2, 0) is 4.74 Å². The van der Waals surface area contributed by atoms with Gasteiger partial charge in [-0.15, -0.1) is 0 Å². The zero-order chi connectivity index (χ0) is 19.0. The van der Waals surface area contributed by atoms with E-state index in [-0.39, 0.29) is 18.0 Å². The standard InChI is InChI=1S/C20H26N4O3/c1-3-6-14(2)24-13-20(27-19(24)26)9-11-23(12-10-20)18(25)17-15-7-4-5-8-16(15)21-22-17/h4-5,7-8,14H,3,6,9-13H2,1-2H3,(H,21,22)/t14-/m1/s1. The van der Waals surface area contributed by atoms with Crippen LogP contribution in [0.1, 0.15) is 50.0 Å². The molecule has 2 fully saturated rings. The lowest BCUT2D eigenvalue weighted by atomic mass is 9.90. The van der Waals surface area contributed by atoms with Gasteiger partial charge in [0.1, 0.15) is 5.60 Å². The highest BCUT2D eigenvalue weighted by Crippen LogP contribution is 2.35. The molecule has 1 aromatic carbocycles. The zero-order valence-electron chi connectivity index (χ0n) is 15.9. The Morgan fingerprint density at radius 1 is 1.33 bits per heavy atom. The molecule has 27 heavy (non-hydrogen) atoms. The number of carbonyl (C=O) groups is 2. The van der Waals surface area contributed by atoms with Gasteiger partial charge in [0.2, 0.25) is 0 Å². The first-order valence-corrected chi connectivity index (χ1v) is 9.75. The van der Waals surface area contributed by atoms with Gasteiger partial charge in [0.15, 0.2) is 5.69 Å². The maximum absolute atomic E-state index is 12.9. The quantitative estimate of drug-likeness (QED) is 0.897. The van der Waals surface area contributed by atoms with E-state index in [1.165, 1.54) is 0 Å². The summed E-state index contributed by atoms with van der Waals surface area (Å²) >= 11 is 0. The first-order valence-electron chi connectivity index (χ1n) is 9.75. The van der Waals surface area contributed by atoms with Crippen LogP contribution >= 0.6 is 0 Å². The summed E-state index contributed by atoms with van der Waals surface area (Å²) in [4.78, 5) is 28.9. The van der Waals surface area contributed by atoms with Gasteiger partial charge in [-0.3, -0.25) is 9.89 Å². The van der Waals surface area contributed by atoms with Crippen molar-refractivity contribution in [2.24, 2.45) is 0 Å². The zero-order valence-corrected chi connectivity index (χ0v) is 15.9. The molecule has 2 amide bonds. The molecular formula is C20H26N4O3. The van der Waals surface area contributed by atoms with Crippen molar-refractivity contribution in [3.63, 3.8) is 0 Å². The molecule has 0 saturated carbocycles. The number of hydrogen-bond donors (Lipinski definition) is 1. The Morgan fingerprint density at radius 2 is 2.07 bits per heavy atom. The van der Waals surface area contributed by atoms with Crippen molar-refractivity contribution in [1.82, 2.24) is 20.0 Å². The van der Waals surface area contributed by atoms with Crippen LogP contribution in [0.5, 0.6) is 0 Å². The number of para-hydroxylation sites is 1. The van der Waals surface area contributed by atoms with Crippen LogP contribution < -0.4 is 0 Å². The van der Waals surface area contributed by atoms with Gasteiger partial charge < -0.3 is 14.5 Å². The number of amides is 2. The van der Waals surface area contributed by atoms with Crippen molar-refractivity contribution in [3.05, 3.63) is 30.0 Å². The number of nitrogens with one attached hydrogen (secondary N) is 1. The van der Waals surface area contributed by atoms with Crippen molar-refractivity contribution >= 4 is 22.9 Å². The Hall–Kier alpha value is -2.57. The summed E-state index contributed by atoms with van der Waals surface area (Å²) in [6.45, 7) is 5.97. The number of aromatic amines is 1. The van der Waals surface area contributed by atoms with Gasteiger partial charge in [0, 0.05) is 37.4 Å². The van der Waals surface area contributed by atoms with E-state index in [2.05, 4.69) is 24.0 Å². The summed E-state index contributed by atoms with van der Waals surface area (Å²) < 4.78 is 5.79. The number of piperidine rings is 1. The first-order chi connectivity index (χ1) is 13.0. The molecule has 2 aromatic rings. The molecule has 1 aromatic heterocycles. The number of likely N-dealkylation sites (tertiary alicyclic amines) is 1. The molecule has 1 spiro atoms. The molecule has 2 saturated heterocycles. The summed E-state index contributed by atoms with van der Waals surface area (Å²) in [7, 11) is 0. The Morgan fingerprint density at radius 3 is 2.81 bits per heavy atom. The lowest BCUT2D eigenvalue weighted by Crippen LogP contribution is -2.49. The first kappa shape index (κ1) is 17.8. The molecule has 0 unspecified atom stereocenters. The van der Waals surface area contributed by atoms with Crippen molar-refractivity contribution in [2.45, 2.75) is 51.2 Å². The smallest absolute Gasteiger partial charge is 0.410 e. The monoisotopic (exact) mass is 370 g/mol. The molecule has 0 radical (unpaired) electrons. The van der Waals surface area contributed by atoms with Gasteiger partial charge in [-0.25, -0.2) is 4.79 Å². The summed E-state index contributed by atoms with van der Waals surface area (Å²) in [6.07, 6.45) is 3.14. The Balaban J connectivity index is 1.43. The van der Waals surface area contributed by atoms with E-state index in [0.29, 0.717) is 38.2 Å². The highest BCUT2D eigenvalue weighted by atomic mass is 16.6. The van der Waals surface area contributed by atoms with Crippen LogP contribution in [0.4, 0.5) is 4.79 Å². The van der Waals surface area contributed by atoms with Gasteiger partial charge >= 0.3 is 6.09 Å². The van der Waals surface area contributed by atoms with E-state index in [4.69, 9.17) is 4.74 Å². The van der Waals surface area contributed by atoms with Crippen LogP contribution in [0.25, 0.3) is 10.9 Å². The second-order valence-electron chi connectivity index (χ2n) is 7.73. The lowest BCUT2D eigenvalue weighted by molar-refractivity contribution is 0.00295. The minimum absolute atomic E-state index is 0.0668. The number of rotatable bonds is 4. The summed E-state index contributed by atoms with van der Waals surface area (Å²) in [5, 5.41) is 7.98. The Labute approximate surface area is 158 Å². The summed E-state index contributed by atoms with van der Waals surface area (Å²) in [5.74, 6) is -0.0668.